The van der Waals surface area contributed by atoms with Crippen molar-refractivity contribution < 1.29 is 9.90 Å². The van der Waals surface area contributed by atoms with Gasteiger partial charge >= 0.3 is 5.69 Å². The van der Waals surface area contributed by atoms with Gasteiger partial charge in [0, 0.05) is 17.4 Å². The number of aromatic hydroxyl groups is 1. The molecule has 0 unspecified atom stereocenters. The van der Waals surface area contributed by atoms with Crippen LogP contribution in [0.15, 0.2) is 29.2 Å². The number of anilines is 1. The number of H-pyrrole nitrogens is 2. The third-order valence-corrected chi connectivity index (χ3v) is 2.39. The zero-order valence-electron chi connectivity index (χ0n) is 9.07. The summed E-state index contributed by atoms with van der Waals surface area (Å²) in [6.45, 7) is 1.69. The highest BCUT2D eigenvalue weighted by Gasteiger charge is 2.10. The van der Waals surface area contributed by atoms with Crippen LogP contribution in [0.4, 0.5) is 5.69 Å². The maximum absolute atomic E-state index is 11.7. The lowest BCUT2D eigenvalue weighted by Crippen LogP contribution is -2.14. The molecule has 0 fully saturated rings. The Bertz CT molecular complexity index is 612. The van der Waals surface area contributed by atoms with E-state index in [1.54, 1.807) is 19.1 Å². The van der Waals surface area contributed by atoms with Gasteiger partial charge in [0.15, 0.2) is 0 Å². The lowest BCUT2D eigenvalue weighted by Gasteiger charge is -2.08. The van der Waals surface area contributed by atoms with Crippen LogP contribution in [0.25, 0.3) is 0 Å². The predicted molar refractivity (Wildman–Crippen MR) is 62.2 cm³/mol. The number of carbonyl (C=O) groups is 1. The van der Waals surface area contributed by atoms with Gasteiger partial charge in [0.05, 0.1) is 0 Å². The van der Waals surface area contributed by atoms with E-state index in [2.05, 4.69) is 15.3 Å². The van der Waals surface area contributed by atoms with Crippen molar-refractivity contribution in [3.05, 3.63) is 46.1 Å². The number of benzene rings is 1. The van der Waals surface area contributed by atoms with E-state index in [0.29, 0.717) is 11.3 Å². The number of carbonyl (C=O) groups excluding carboxylic acids is 1. The van der Waals surface area contributed by atoms with Gasteiger partial charge in [-0.15, -0.1) is 0 Å². The monoisotopic (exact) mass is 233 g/mol. The number of phenols is 1. The van der Waals surface area contributed by atoms with Crippen LogP contribution in [-0.2, 0) is 0 Å². The summed E-state index contributed by atoms with van der Waals surface area (Å²) in [6, 6.07) is 4.82. The molecule has 1 heterocycles. The fourth-order valence-electron chi connectivity index (χ4n) is 1.40. The second-order valence-corrected chi connectivity index (χ2v) is 3.56. The summed E-state index contributed by atoms with van der Waals surface area (Å²) in [4.78, 5) is 27.2. The van der Waals surface area contributed by atoms with Crippen LogP contribution in [-0.4, -0.2) is 21.0 Å². The van der Waals surface area contributed by atoms with Crippen LogP contribution >= 0.6 is 0 Å². The Morgan fingerprint density at radius 2 is 2.18 bits per heavy atom. The quantitative estimate of drug-likeness (QED) is 0.622. The third-order valence-electron chi connectivity index (χ3n) is 2.39. The van der Waals surface area contributed by atoms with E-state index in [4.69, 9.17) is 0 Å². The Morgan fingerprint density at radius 1 is 1.41 bits per heavy atom. The maximum Gasteiger partial charge on any atom is 0.323 e. The van der Waals surface area contributed by atoms with Crippen molar-refractivity contribution in [1.29, 1.82) is 0 Å². The van der Waals surface area contributed by atoms with Gasteiger partial charge in [-0.2, -0.15) is 0 Å². The molecule has 0 aliphatic heterocycles. The first-order valence-corrected chi connectivity index (χ1v) is 4.95. The first-order chi connectivity index (χ1) is 8.08. The predicted octanol–water partition coefficient (Wildman–Crippen LogP) is 0.969. The lowest BCUT2D eigenvalue weighted by molar-refractivity contribution is 0.102. The van der Waals surface area contributed by atoms with Gasteiger partial charge in [0.2, 0.25) is 0 Å². The molecule has 2 rings (SSSR count). The van der Waals surface area contributed by atoms with Crippen molar-refractivity contribution in [2.75, 3.05) is 5.32 Å². The first-order valence-electron chi connectivity index (χ1n) is 4.95. The van der Waals surface area contributed by atoms with E-state index in [9.17, 15) is 14.7 Å². The fourth-order valence-corrected chi connectivity index (χ4v) is 1.40. The van der Waals surface area contributed by atoms with Crippen LogP contribution in [0.3, 0.4) is 0 Å². The molecule has 1 aromatic carbocycles. The molecule has 1 amide bonds. The van der Waals surface area contributed by atoms with E-state index < -0.39 is 11.6 Å². The van der Waals surface area contributed by atoms with Crippen molar-refractivity contribution in [1.82, 2.24) is 9.97 Å². The average Bonchev–Trinajstić information content (AvgIpc) is 2.72. The largest absolute Gasteiger partial charge is 0.508 e. The molecule has 0 bridgehead atoms. The minimum absolute atomic E-state index is 0.102. The summed E-state index contributed by atoms with van der Waals surface area (Å²) in [7, 11) is 0. The average molecular weight is 233 g/mol. The summed E-state index contributed by atoms with van der Waals surface area (Å²) < 4.78 is 0. The number of nitrogens with one attached hydrogen (secondary N) is 3. The second-order valence-electron chi connectivity index (χ2n) is 3.56. The molecular weight excluding hydrogens is 222 g/mol. The van der Waals surface area contributed by atoms with Gasteiger partial charge in [-0.1, -0.05) is 6.07 Å². The number of amides is 1. The Balaban J connectivity index is 2.24. The minimum atomic E-state index is -0.447. The van der Waals surface area contributed by atoms with Gasteiger partial charge in [-0.05, 0) is 19.1 Å². The molecule has 2 aromatic rings. The summed E-state index contributed by atoms with van der Waals surface area (Å²) >= 11 is 0. The SMILES string of the molecule is Cc1c(O)cccc1NC(=O)c1c[nH]c(=O)[nH]1. The van der Waals surface area contributed by atoms with Gasteiger partial charge in [0.1, 0.15) is 11.4 Å². The van der Waals surface area contributed by atoms with Crippen LogP contribution in [0, 0.1) is 6.92 Å². The summed E-state index contributed by atoms with van der Waals surface area (Å²) in [6.07, 6.45) is 1.29. The molecule has 1 aromatic heterocycles. The maximum atomic E-state index is 11.7. The molecule has 0 atom stereocenters. The molecule has 0 aliphatic carbocycles. The molecule has 0 aliphatic rings. The van der Waals surface area contributed by atoms with E-state index in [1.165, 1.54) is 12.3 Å². The van der Waals surface area contributed by atoms with Crippen molar-refractivity contribution in [3.63, 3.8) is 0 Å². The molecule has 88 valence electrons. The molecule has 0 saturated carbocycles. The standard InChI is InChI=1S/C11H11N3O3/c1-6-7(3-2-4-9(6)15)13-10(16)8-5-12-11(17)14-8/h2-5,15H,1H3,(H,13,16)(H2,12,14,17). The molecule has 0 radical (unpaired) electrons. The normalized spacial score (nSPS) is 10.2. The van der Waals surface area contributed by atoms with Gasteiger partial charge in [-0.3, -0.25) is 4.79 Å². The van der Waals surface area contributed by atoms with Crippen molar-refractivity contribution in [2.24, 2.45) is 0 Å². The topological polar surface area (TPSA) is 98.0 Å². The van der Waals surface area contributed by atoms with E-state index in [-0.39, 0.29) is 11.4 Å². The summed E-state index contributed by atoms with van der Waals surface area (Å²) in [5, 5.41) is 12.1. The molecule has 6 nitrogen and oxygen atoms in total. The lowest BCUT2D eigenvalue weighted by atomic mass is 10.2. The van der Waals surface area contributed by atoms with Crippen molar-refractivity contribution in [3.8, 4) is 5.75 Å². The van der Waals surface area contributed by atoms with Crippen molar-refractivity contribution in [2.45, 2.75) is 6.92 Å². The molecule has 0 spiro atoms. The van der Waals surface area contributed by atoms with Crippen molar-refractivity contribution >= 4 is 11.6 Å². The molecule has 6 heteroatoms. The third kappa shape index (κ3) is 2.20. The molecule has 4 N–H and O–H groups in total. The molecule has 0 saturated heterocycles. The number of phenolic OH excluding ortho intramolecular Hbond substituents is 1. The zero-order chi connectivity index (χ0) is 12.4. The Kier molecular flexibility index (Phi) is 2.70. The first kappa shape index (κ1) is 11.0. The van der Waals surface area contributed by atoms with Crippen LogP contribution in [0.5, 0.6) is 5.75 Å². The second kappa shape index (κ2) is 4.17. The number of rotatable bonds is 2. The van der Waals surface area contributed by atoms with E-state index in [1.807, 2.05) is 0 Å². The van der Waals surface area contributed by atoms with Crippen LogP contribution in [0.1, 0.15) is 16.1 Å². The van der Waals surface area contributed by atoms with E-state index in [0.717, 1.165) is 0 Å². The van der Waals surface area contributed by atoms with Gasteiger partial charge in [0.25, 0.3) is 5.91 Å². The highest BCUT2D eigenvalue weighted by Crippen LogP contribution is 2.23. The molecule has 17 heavy (non-hydrogen) atoms. The minimum Gasteiger partial charge on any atom is -0.508 e. The Labute approximate surface area is 96.3 Å². The highest BCUT2D eigenvalue weighted by molar-refractivity contribution is 6.03. The molecular formula is C11H11N3O3. The summed E-state index contributed by atoms with van der Waals surface area (Å²) in [5.41, 5.74) is 0.760. The van der Waals surface area contributed by atoms with Gasteiger partial charge in [-0.25, -0.2) is 4.79 Å². The zero-order valence-corrected chi connectivity index (χ0v) is 9.07. The number of aromatic amines is 2. The van der Waals surface area contributed by atoms with Gasteiger partial charge < -0.3 is 20.4 Å². The fraction of sp³-hybridized carbons (Fsp3) is 0.0909. The number of aromatic nitrogens is 2. The van der Waals surface area contributed by atoms with Crippen LogP contribution < -0.4 is 11.0 Å². The Morgan fingerprint density at radius 3 is 2.82 bits per heavy atom. The number of hydrogen-bond acceptors (Lipinski definition) is 3. The van der Waals surface area contributed by atoms with Crippen LogP contribution in [0.2, 0.25) is 0 Å². The summed E-state index contributed by atoms with van der Waals surface area (Å²) in [5.74, 6) is -0.345. The smallest absolute Gasteiger partial charge is 0.323 e. The highest BCUT2D eigenvalue weighted by atomic mass is 16.3. The Hall–Kier alpha value is -2.50. The van der Waals surface area contributed by atoms with E-state index >= 15 is 0 Å². The number of imidazole rings is 1. The number of hydrogen-bond donors (Lipinski definition) is 4.